The van der Waals surface area contributed by atoms with Gasteiger partial charge in [0, 0.05) is 23.3 Å². The molecule has 0 saturated carbocycles. The van der Waals surface area contributed by atoms with Crippen molar-refractivity contribution in [2.45, 2.75) is 11.8 Å². The monoisotopic (exact) mass is 432 g/mol. The molecule has 0 saturated heterocycles. The quantitative estimate of drug-likeness (QED) is 0.625. The largest absolute Gasteiger partial charge is 0.322 e. The zero-order valence-electron chi connectivity index (χ0n) is 15.7. The molecule has 1 amide bonds. The Kier molecular flexibility index (Phi) is 5.91. The van der Waals surface area contributed by atoms with E-state index in [-0.39, 0.29) is 10.5 Å². The lowest BCUT2D eigenvalue weighted by molar-refractivity contribution is 0.102. The molecule has 3 aromatic carbocycles. The summed E-state index contributed by atoms with van der Waals surface area (Å²) in [4.78, 5) is 12.6. The van der Waals surface area contributed by atoms with E-state index >= 15 is 0 Å². The van der Waals surface area contributed by atoms with Crippen LogP contribution in [0.3, 0.4) is 0 Å². The minimum Gasteiger partial charge on any atom is -0.322 e. The molecule has 0 fully saturated rings. The molecule has 0 heterocycles. The van der Waals surface area contributed by atoms with Crippen molar-refractivity contribution in [3.8, 4) is 0 Å². The molecule has 0 unspecified atom stereocenters. The molecule has 29 heavy (non-hydrogen) atoms. The maximum atomic E-state index is 13.0. The van der Waals surface area contributed by atoms with E-state index in [0.717, 1.165) is 4.31 Å². The van der Waals surface area contributed by atoms with Crippen LogP contribution in [0.4, 0.5) is 15.8 Å². The number of carbonyl (C=O) groups excluding carboxylic acids is 1. The van der Waals surface area contributed by atoms with Gasteiger partial charge in [0.25, 0.3) is 15.9 Å². The maximum Gasteiger partial charge on any atom is 0.264 e. The standard InChI is InChI=1S/C21H18ClFN2O3S/c1-14-3-4-15(21(26)24-18-9-7-17(23)8-10-18)13-20(14)25(2)29(27,28)19-11-5-16(22)6-12-19/h3-13H,1-2H3,(H,24,26). The molecule has 1 N–H and O–H groups in total. The highest BCUT2D eigenvalue weighted by Crippen LogP contribution is 2.27. The summed E-state index contributed by atoms with van der Waals surface area (Å²) in [5, 5.41) is 3.09. The van der Waals surface area contributed by atoms with Crippen molar-refractivity contribution in [2.75, 3.05) is 16.7 Å². The molecule has 0 aromatic heterocycles. The highest BCUT2D eigenvalue weighted by Gasteiger charge is 2.23. The fraction of sp³-hybridized carbons (Fsp3) is 0.0952. The zero-order chi connectivity index (χ0) is 21.2. The lowest BCUT2D eigenvalue weighted by Crippen LogP contribution is -2.27. The van der Waals surface area contributed by atoms with E-state index in [2.05, 4.69) is 5.32 Å². The first-order valence-corrected chi connectivity index (χ1v) is 10.4. The highest BCUT2D eigenvalue weighted by molar-refractivity contribution is 7.92. The van der Waals surface area contributed by atoms with Crippen LogP contribution in [-0.2, 0) is 10.0 Å². The van der Waals surface area contributed by atoms with Crippen molar-refractivity contribution in [1.82, 2.24) is 0 Å². The van der Waals surface area contributed by atoms with Gasteiger partial charge in [-0.3, -0.25) is 9.10 Å². The second kappa shape index (κ2) is 8.23. The maximum absolute atomic E-state index is 13.0. The first kappa shape index (κ1) is 20.8. The third-order valence-corrected chi connectivity index (χ3v) is 6.42. The van der Waals surface area contributed by atoms with E-state index in [9.17, 15) is 17.6 Å². The summed E-state index contributed by atoms with van der Waals surface area (Å²) in [5.74, 6) is -0.843. The number of rotatable bonds is 5. The van der Waals surface area contributed by atoms with Gasteiger partial charge in [0.1, 0.15) is 5.82 Å². The molecule has 3 rings (SSSR count). The van der Waals surface area contributed by atoms with E-state index in [1.54, 1.807) is 19.1 Å². The van der Waals surface area contributed by atoms with E-state index in [4.69, 9.17) is 11.6 Å². The van der Waals surface area contributed by atoms with Crippen LogP contribution in [0.1, 0.15) is 15.9 Å². The molecule has 0 aliphatic carbocycles. The Hall–Kier alpha value is -2.90. The number of sulfonamides is 1. The second-order valence-corrected chi connectivity index (χ2v) is 8.79. The normalized spacial score (nSPS) is 11.2. The molecule has 8 heteroatoms. The van der Waals surface area contributed by atoms with Crippen LogP contribution in [0.2, 0.25) is 5.02 Å². The van der Waals surface area contributed by atoms with Crippen molar-refractivity contribution in [1.29, 1.82) is 0 Å². The van der Waals surface area contributed by atoms with Crippen molar-refractivity contribution >= 4 is 38.9 Å². The first-order valence-electron chi connectivity index (χ1n) is 8.60. The molecule has 0 atom stereocenters. The Bertz CT molecular complexity index is 1150. The molecule has 150 valence electrons. The lowest BCUT2D eigenvalue weighted by atomic mass is 10.1. The molecular weight excluding hydrogens is 415 g/mol. The summed E-state index contributed by atoms with van der Waals surface area (Å²) in [6.45, 7) is 1.75. The van der Waals surface area contributed by atoms with Crippen molar-refractivity contribution in [2.24, 2.45) is 0 Å². The van der Waals surface area contributed by atoms with Crippen molar-refractivity contribution in [3.05, 3.63) is 88.7 Å². The smallest absolute Gasteiger partial charge is 0.264 e. The predicted molar refractivity (Wildman–Crippen MR) is 113 cm³/mol. The topological polar surface area (TPSA) is 66.5 Å². The Morgan fingerprint density at radius 1 is 1.00 bits per heavy atom. The molecule has 3 aromatic rings. The van der Waals surface area contributed by atoms with Gasteiger partial charge in [-0.25, -0.2) is 12.8 Å². The zero-order valence-corrected chi connectivity index (χ0v) is 17.3. The van der Waals surface area contributed by atoms with Crippen LogP contribution >= 0.6 is 11.6 Å². The number of nitrogens with one attached hydrogen (secondary N) is 1. The van der Waals surface area contributed by atoms with Crippen LogP contribution in [0, 0.1) is 12.7 Å². The number of nitrogens with zero attached hydrogens (tertiary/aromatic N) is 1. The Balaban J connectivity index is 1.90. The van der Waals surface area contributed by atoms with Gasteiger partial charge in [-0.1, -0.05) is 17.7 Å². The molecule has 0 radical (unpaired) electrons. The number of halogens is 2. The molecule has 0 aliphatic rings. The second-order valence-electron chi connectivity index (χ2n) is 6.39. The average molecular weight is 433 g/mol. The number of hydrogen-bond donors (Lipinski definition) is 1. The van der Waals surface area contributed by atoms with Crippen molar-refractivity contribution < 1.29 is 17.6 Å². The Morgan fingerprint density at radius 2 is 1.62 bits per heavy atom. The summed E-state index contributed by atoms with van der Waals surface area (Å²) in [6, 6.07) is 16.0. The minimum atomic E-state index is -3.84. The summed E-state index contributed by atoms with van der Waals surface area (Å²) in [5.41, 5.74) is 1.75. The van der Waals surface area contributed by atoms with E-state index in [0.29, 0.717) is 22.0 Å². The first-order chi connectivity index (χ1) is 13.7. The van der Waals surface area contributed by atoms with Crippen LogP contribution in [0.15, 0.2) is 71.6 Å². The highest BCUT2D eigenvalue weighted by atomic mass is 35.5. The number of aryl methyl sites for hydroxylation is 1. The molecule has 0 aliphatic heterocycles. The van der Waals surface area contributed by atoms with Gasteiger partial charge < -0.3 is 5.32 Å². The van der Waals surface area contributed by atoms with Crippen LogP contribution < -0.4 is 9.62 Å². The molecule has 0 spiro atoms. The molecule has 0 bridgehead atoms. The number of carbonyl (C=O) groups is 1. The van der Waals surface area contributed by atoms with E-state index in [1.807, 2.05) is 0 Å². The minimum absolute atomic E-state index is 0.0879. The summed E-state index contributed by atoms with van der Waals surface area (Å²) in [7, 11) is -2.41. The van der Waals surface area contributed by atoms with Gasteiger partial charge in [0.15, 0.2) is 0 Å². The van der Waals surface area contributed by atoms with Gasteiger partial charge in [-0.15, -0.1) is 0 Å². The Morgan fingerprint density at radius 3 is 2.24 bits per heavy atom. The predicted octanol–water partition coefficient (Wildman–Crippen LogP) is 4.86. The molecular formula is C21H18ClFN2O3S. The Labute approximate surface area is 173 Å². The summed E-state index contributed by atoms with van der Waals surface area (Å²) >= 11 is 5.84. The summed E-state index contributed by atoms with van der Waals surface area (Å²) in [6.07, 6.45) is 0. The van der Waals surface area contributed by atoms with Gasteiger partial charge in [-0.05, 0) is 73.2 Å². The lowest BCUT2D eigenvalue weighted by Gasteiger charge is -2.22. The van der Waals surface area contributed by atoms with Crippen LogP contribution in [-0.4, -0.2) is 21.4 Å². The number of hydrogen-bond acceptors (Lipinski definition) is 3. The van der Waals surface area contributed by atoms with E-state index in [1.165, 1.54) is 61.6 Å². The third-order valence-electron chi connectivity index (χ3n) is 4.38. The number of amides is 1. The average Bonchev–Trinajstić information content (AvgIpc) is 2.70. The van der Waals surface area contributed by atoms with Crippen LogP contribution in [0.25, 0.3) is 0 Å². The van der Waals surface area contributed by atoms with Gasteiger partial charge in [-0.2, -0.15) is 0 Å². The fourth-order valence-electron chi connectivity index (χ4n) is 2.72. The third kappa shape index (κ3) is 4.58. The van der Waals surface area contributed by atoms with Gasteiger partial charge >= 0.3 is 0 Å². The van der Waals surface area contributed by atoms with E-state index < -0.39 is 21.7 Å². The number of anilines is 2. The SMILES string of the molecule is Cc1ccc(C(=O)Nc2ccc(F)cc2)cc1N(C)S(=O)(=O)c1ccc(Cl)cc1. The van der Waals surface area contributed by atoms with Crippen LogP contribution in [0.5, 0.6) is 0 Å². The number of benzene rings is 3. The molecule has 5 nitrogen and oxygen atoms in total. The van der Waals surface area contributed by atoms with Gasteiger partial charge in [0.2, 0.25) is 0 Å². The summed E-state index contributed by atoms with van der Waals surface area (Å²) < 4.78 is 40.0. The fourth-order valence-corrected chi connectivity index (χ4v) is 4.10. The van der Waals surface area contributed by atoms with Crippen molar-refractivity contribution in [3.63, 3.8) is 0 Å². The van der Waals surface area contributed by atoms with Gasteiger partial charge in [0.05, 0.1) is 10.6 Å².